The minimum Gasteiger partial charge on any atom is -0.316 e. The third-order valence-corrected chi connectivity index (χ3v) is 2.63. The Balaban J connectivity index is 1.92. The average molecular weight is 223 g/mol. The molecule has 0 saturated carbocycles. The summed E-state index contributed by atoms with van der Waals surface area (Å²) in [5.41, 5.74) is 1.36. The first-order valence-electron chi connectivity index (χ1n) is 6.36. The number of hydrogen-bond donors (Lipinski definition) is 1. The Morgan fingerprint density at radius 2 is 2.12 bits per heavy atom. The van der Waals surface area contributed by atoms with E-state index in [1.807, 2.05) is 17.9 Å². The predicted molar refractivity (Wildman–Crippen MR) is 68.5 cm³/mol. The first-order valence-corrected chi connectivity index (χ1v) is 6.36. The van der Waals surface area contributed by atoms with E-state index in [1.165, 1.54) is 24.8 Å². The van der Waals surface area contributed by atoms with Crippen LogP contribution in [-0.2, 0) is 13.5 Å². The summed E-state index contributed by atoms with van der Waals surface area (Å²) in [6.07, 6.45) is 9.11. The summed E-state index contributed by atoms with van der Waals surface area (Å²) in [6, 6.07) is 0. The fourth-order valence-corrected chi connectivity index (χ4v) is 1.75. The molecule has 0 aromatic carbocycles. The zero-order valence-corrected chi connectivity index (χ0v) is 10.9. The van der Waals surface area contributed by atoms with E-state index >= 15 is 0 Å². The molecule has 1 aromatic rings. The Bertz CT molecular complexity index is 278. The van der Waals surface area contributed by atoms with E-state index in [1.54, 1.807) is 0 Å². The monoisotopic (exact) mass is 223 g/mol. The summed E-state index contributed by atoms with van der Waals surface area (Å²) in [5, 5.41) is 7.64. The van der Waals surface area contributed by atoms with Gasteiger partial charge in [0.2, 0.25) is 0 Å². The van der Waals surface area contributed by atoms with Gasteiger partial charge in [-0.1, -0.05) is 20.3 Å². The molecule has 0 aliphatic rings. The molecule has 0 aliphatic carbocycles. The predicted octanol–water partition coefficient (Wildman–Crippen LogP) is 2.38. The van der Waals surface area contributed by atoms with Crippen molar-refractivity contribution in [1.29, 1.82) is 0 Å². The highest BCUT2D eigenvalue weighted by atomic mass is 15.2. The molecule has 0 atom stereocenters. The molecule has 0 bridgehead atoms. The minimum absolute atomic E-state index is 0.760. The van der Waals surface area contributed by atoms with E-state index in [0.717, 1.165) is 25.4 Å². The summed E-state index contributed by atoms with van der Waals surface area (Å²) < 4.78 is 1.87. The van der Waals surface area contributed by atoms with Crippen LogP contribution >= 0.6 is 0 Å². The molecule has 92 valence electrons. The Hall–Kier alpha value is -0.830. The lowest BCUT2D eigenvalue weighted by Crippen LogP contribution is -2.20. The highest BCUT2D eigenvalue weighted by Gasteiger charge is 1.96. The smallest absolute Gasteiger partial charge is 0.0521 e. The molecule has 1 aromatic heterocycles. The topological polar surface area (TPSA) is 29.9 Å². The van der Waals surface area contributed by atoms with Crippen LogP contribution < -0.4 is 5.32 Å². The van der Waals surface area contributed by atoms with Crippen molar-refractivity contribution >= 4 is 0 Å². The van der Waals surface area contributed by atoms with Crippen molar-refractivity contribution < 1.29 is 0 Å². The number of hydrogen-bond acceptors (Lipinski definition) is 2. The van der Waals surface area contributed by atoms with Gasteiger partial charge in [0.25, 0.3) is 0 Å². The molecule has 3 heteroatoms. The standard InChI is InChI=1S/C13H25N3/c1-12(2)9-14-8-6-4-5-7-13-10-15-16(3)11-13/h10-12,14H,4-9H2,1-3H3. The molecule has 16 heavy (non-hydrogen) atoms. The van der Waals surface area contributed by atoms with Crippen LogP contribution in [0.5, 0.6) is 0 Å². The number of rotatable bonds is 8. The highest BCUT2D eigenvalue weighted by Crippen LogP contribution is 2.04. The lowest BCUT2D eigenvalue weighted by atomic mass is 10.1. The van der Waals surface area contributed by atoms with Crippen molar-refractivity contribution in [2.24, 2.45) is 13.0 Å². The van der Waals surface area contributed by atoms with Gasteiger partial charge in [0.1, 0.15) is 0 Å². The van der Waals surface area contributed by atoms with E-state index in [0.29, 0.717) is 0 Å². The van der Waals surface area contributed by atoms with Gasteiger partial charge in [-0.25, -0.2) is 0 Å². The van der Waals surface area contributed by atoms with Crippen LogP contribution in [-0.4, -0.2) is 22.9 Å². The summed E-state index contributed by atoms with van der Waals surface area (Å²) >= 11 is 0. The fraction of sp³-hybridized carbons (Fsp3) is 0.769. The maximum atomic E-state index is 4.17. The summed E-state index contributed by atoms with van der Waals surface area (Å²) in [7, 11) is 1.97. The van der Waals surface area contributed by atoms with Crippen LogP contribution in [0.1, 0.15) is 38.7 Å². The van der Waals surface area contributed by atoms with Crippen LogP contribution in [0.2, 0.25) is 0 Å². The van der Waals surface area contributed by atoms with E-state index in [-0.39, 0.29) is 0 Å². The first-order chi connectivity index (χ1) is 7.68. The zero-order valence-electron chi connectivity index (χ0n) is 10.9. The van der Waals surface area contributed by atoms with Crippen molar-refractivity contribution in [3.05, 3.63) is 18.0 Å². The third-order valence-electron chi connectivity index (χ3n) is 2.63. The van der Waals surface area contributed by atoms with Crippen LogP contribution in [0.15, 0.2) is 12.4 Å². The molecule has 0 fully saturated rings. The molecule has 0 amide bonds. The molecule has 0 spiro atoms. The average Bonchev–Trinajstić information content (AvgIpc) is 2.62. The van der Waals surface area contributed by atoms with E-state index in [9.17, 15) is 0 Å². The van der Waals surface area contributed by atoms with Gasteiger partial charge in [-0.3, -0.25) is 4.68 Å². The van der Waals surface area contributed by atoms with Gasteiger partial charge in [0.05, 0.1) is 6.20 Å². The van der Waals surface area contributed by atoms with Gasteiger partial charge < -0.3 is 5.32 Å². The highest BCUT2D eigenvalue weighted by molar-refractivity contribution is 5.03. The molecule has 1 heterocycles. The molecule has 0 radical (unpaired) electrons. The van der Waals surface area contributed by atoms with Gasteiger partial charge in [-0.15, -0.1) is 0 Å². The van der Waals surface area contributed by atoms with Crippen LogP contribution in [0.25, 0.3) is 0 Å². The maximum Gasteiger partial charge on any atom is 0.0521 e. The van der Waals surface area contributed by atoms with Gasteiger partial charge in [-0.2, -0.15) is 5.10 Å². The quantitative estimate of drug-likeness (QED) is 0.686. The zero-order chi connectivity index (χ0) is 11.8. The Labute approximate surface area is 99.2 Å². The number of unbranched alkanes of at least 4 members (excludes halogenated alkanes) is 2. The molecule has 0 aliphatic heterocycles. The van der Waals surface area contributed by atoms with E-state index in [2.05, 4.69) is 30.5 Å². The first kappa shape index (κ1) is 13.2. The third kappa shape index (κ3) is 5.91. The molecule has 1 N–H and O–H groups in total. The number of nitrogens with one attached hydrogen (secondary N) is 1. The number of nitrogens with zero attached hydrogens (tertiary/aromatic N) is 2. The van der Waals surface area contributed by atoms with Crippen LogP contribution in [0.3, 0.4) is 0 Å². The van der Waals surface area contributed by atoms with Gasteiger partial charge >= 0.3 is 0 Å². The largest absolute Gasteiger partial charge is 0.316 e. The second kappa shape index (κ2) is 7.44. The molecule has 0 unspecified atom stereocenters. The van der Waals surface area contributed by atoms with Gasteiger partial charge in [-0.05, 0) is 43.8 Å². The Morgan fingerprint density at radius 3 is 2.75 bits per heavy atom. The van der Waals surface area contributed by atoms with Crippen LogP contribution in [0.4, 0.5) is 0 Å². The fourth-order valence-electron chi connectivity index (χ4n) is 1.75. The molecular formula is C13H25N3. The second-order valence-corrected chi connectivity index (χ2v) is 4.93. The summed E-state index contributed by atoms with van der Waals surface area (Å²) in [6.45, 7) is 6.79. The molecule has 1 rings (SSSR count). The lowest BCUT2D eigenvalue weighted by Gasteiger charge is -2.06. The maximum absolute atomic E-state index is 4.17. The number of aryl methyl sites for hydroxylation is 2. The summed E-state index contributed by atoms with van der Waals surface area (Å²) in [5.74, 6) is 0.760. The van der Waals surface area contributed by atoms with Crippen molar-refractivity contribution in [3.8, 4) is 0 Å². The second-order valence-electron chi connectivity index (χ2n) is 4.93. The Morgan fingerprint density at radius 1 is 1.31 bits per heavy atom. The molecular weight excluding hydrogens is 198 g/mol. The number of aromatic nitrogens is 2. The van der Waals surface area contributed by atoms with Crippen LogP contribution in [0, 0.1) is 5.92 Å². The van der Waals surface area contributed by atoms with E-state index in [4.69, 9.17) is 0 Å². The molecule has 0 saturated heterocycles. The molecule has 3 nitrogen and oxygen atoms in total. The van der Waals surface area contributed by atoms with Crippen molar-refractivity contribution in [2.75, 3.05) is 13.1 Å². The van der Waals surface area contributed by atoms with E-state index < -0.39 is 0 Å². The lowest BCUT2D eigenvalue weighted by molar-refractivity contribution is 0.530. The SMILES string of the molecule is CC(C)CNCCCCCc1cnn(C)c1. The normalized spacial score (nSPS) is 11.2. The summed E-state index contributed by atoms with van der Waals surface area (Å²) in [4.78, 5) is 0. The van der Waals surface area contributed by atoms with Crippen molar-refractivity contribution in [2.45, 2.75) is 39.5 Å². The van der Waals surface area contributed by atoms with Gasteiger partial charge in [0, 0.05) is 13.2 Å². The minimum atomic E-state index is 0.760. The van der Waals surface area contributed by atoms with Crippen molar-refractivity contribution in [1.82, 2.24) is 15.1 Å². The van der Waals surface area contributed by atoms with Gasteiger partial charge in [0.15, 0.2) is 0 Å². The van der Waals surface area contributed by atoms with Crippen molar-refractivity contribution in [3.63, 3.8) is 0 Å². The Kier molecular flexibility index (Phi) is 6.16.